The predicted molar refractivity (Wildman–Crippen MR) is 72.9 cm³/mol. The number of carboxylic acids is 2. The zero-order valence-electron chi connectivity index (χ0n) is 11.9. The van der Waals surface area contributed by atoms with Crippen molar-refractivity contribution in [1.29, 1.82) is 0 Å². The van der Waals surface area contributed by atoms with Crippen LogP contribution in [0.3, 0.4) is 0 Å². The van der Waals surface area contributed by atoms with Crippen LogP contribution in [0.5, 0.6) is 0 Å². The fraction of sp³-hybridized carbons (Fsp3) is 0.545. The fourth-order valence-electron chi connectivity index (χ4n) is 1.30. The van der Waals surface area contributed by atoms with Gasteiger partial charge in [0.15, 0.2) is 0 Å². The van der Waals surface area contributed by atoms with Crippen LogP contribution >= 0.6 is 0 Å². The highest BCUT2D eigenvalue weighted by Gasteiger charge is 2.24. The SMILES string of the molecule is NC(CO)C(=O)NCC(=O)NC(CC(=O)O)C(=O)NCC(=O)O. The Bertz CT molecular complexity index is 481. The minimum atomic E-state index is -1.51. The van der Waals surface area contributed by atoms with Crippen molar-refractivity contribution >= 4 is 29.7 Å². The standard InChI is InChI=1S/C11H18N4O8/c12-5(4-16)10(22)13-2-7(17)15-6(1-8(18)19)11(23)14-3-9(20)21/h5-6,16H,1-4,12H2,(H,13,22)(H,14,23)(H,15,17)(H,18,19)(H,20,21). The number of aliphatic carboxylic acids is 2. The fourth-order valence-corrected chi connectivity index (χ4v) is 1.30. The lowest BCUT2D eigenvalue weighted by atomic mass is 10.2. The van der Waals surface area contributed by atoms with Gasteiger partial charge in [0.25, 0.3) is 0 Å². The van der Waals surface area contributed by atoms with Gasteiger partial charge in [0.2, 0.25) is 17.7 Å². The Morgan fingerprint density at radius 3 is 1.96 bits per heavy atom. The van der Waals surface area contributed by atoms with Crippen LogP contribution in [0, 0.1) is 0 Å². The van der Waals surface area contributed by atoms with E-state index < -0.39 is 67.9 Å². The van der Waals surface area contributed by atoms with E-state index in [1.807, 2.05) is 10.6 Å². The summed E-state index contributed by atoms with van der Waals surface area (Å²) in [5.41, 5.74) is 5.19. The van der Waals surface area contributed by atoms with Gasteiger partial charge in [-0.2, -0.15) is 0 Å². The first-order valence-electron chi connectivity index (χ1n) is 6.32. The summed E-state index contributed by atoms with van der Waals surface area (Å²) in [7, 11) is 0. The Balaban J connectivity index is 4.54. The van der Waals surface area contributed by atoms with Gasteiger partial charge in [0.05, 0.1) is 19.6 Å². The third-order valence-electron chi connectivity index (χ3n) is 2.40. The van der Waals surface area contributed by atoms with E-state index in [1.165, 1.54) is 0 Å². The molecule has 0 aliphatic carbocycles. The highest BCUT2D eigenvalue weighted by Crippen LogP contribution is 1.93. The zero-order chi connectivity index (χ0) is 18.0. The summed E-state index contributed by atoms with van der Waals surface area (Å²) < 4.78 is 0. The molecule has 0 spiro atoms. The van der Waals surface area contributed by atoms with Crippen LogP contribution in [0.4, 0.5) is 0 Å². The van der Waals surface area contributed by atoms with Gasteiger partial charge in [-0.1, -0.05) is 0 Å². The second-order valence-corrected chi connectivity index (χ2v) is 4.34. The normalized spacial score (nSPS) is 12.6. The second-order valence-electron chi connectivity index (χ2n) is 4.34. The molecule has 0 fully saturated rings. The number of nitrogens with one attached hydrogen (secondary N) is 3. The van der Waals surface area contributed by atoms with Gasteiger partial charge < -0.3 is 37.0 Å². The molecule has 8 N–H and O–H groups in total. The summed E-state index contributed by atoms with van der Waals surface area (Å²) >= 11 is 0. The smallest absolute Gasteiger partial charge is 0.322 e. The Hall–Kier alpha value is -2.73. The van der Waals surface area contributed by atoms with E-state index in [1.54, 1.807) is 0 Å². The summed E-state index contributed by atoms with van der Waals surface area (Å²) in [6, 6.07) is -2.74. The van der Waals surface area contributed by atoms with Crippen molar-refractivity contribution < 1.29 is 39.3 Å². The quantitative estimate of drug-likeness (QED) is 0.205. The number of carboxylic acid groups (broad SMARTS) is 2. The van der Waals surface area contributed by atoms with Gasteiger partial charge in [0.1, 0.15) is 18.6 Å². The van der Waals surface area contributed by atoms with Crippen molar-refractivity contribution in [3.63, 3.8) is 0 Å². The number of hydrogen-bond donors (Lipinski definition) is 7. The first-order chi connectivity index (χ1) is 10.7. The lowest BCUT2D eigenvalue weighted by molar-refractivity contribution is -0.141. The van der Waals surface area contributed by atoms with E-state index in [0.717, 1.165) is 0 Å². The van der Waals surface area contributed by atoms with Gasteiger partial charge in [-0.15, -0.1) is 0 Å². The molecule has 3 amide bonds. The molecule has 0 saturated carbocycles. The molecular formula is C11H18N4O8. The molecule has 0 aromatic heterocycles. The molecule has 0 bridgehead atoms. The number of aliphatic hydroxyl groups is 1. The van der Waals surface area contributed by atoms with E-state index >= 15 is 0 Å². The number of aliphatic hydroxyl groups excluding tert-OH is 1. The van der Waals surface area contributed by atoms with Gasteiger partial charge in [-0.25, -0.2) is 0 Å². The van der Waals surface area contributed by atoms with E-state index in [9.17, 15) is 24.0 Å². The highest BCUT2D eigenvalue weighted by molar-refractivity contribution is 5.93. The summed E-state index contributed by atoms with van der Waals surface area (Å²) in [4.78, 5) is 55.4. The molecule has 2 unspecified atom stereocenters. The van der Waals surface area contributed by atoms with Crippen molar-refractivity contribution in [3.05, 3.63) is 0 Å². The van der Waals surface area contributed by atoms with Crippen LogP contribution in [-0.4, -0.2) is 76.8 Å². The average Bonchev–Trinajstić information content (AvgIpc) is 2.48. The van der Waals surface area contributed by atoms with Crippen LogP contribution in [0.2, 0.25) is 0 Å². The Labute approximate surface area is 130 Å². The minimum absolute atomic E-state index is 0.602. The first-order valence-corrected chi connectivity index (χ1v) is 6.32. The van der Waals surface area contributed by atoms with E-state index in [4.69, 9.17) is 21.1 Å². The maximum Gasteiger partial charge on any atom is 0.322 e. The largest absolute Gasteiger partial charge is 0.481 e. The zero-order valence-corrected chi connectivity index (χ0v) is 11.9. The molecular weight excluding hydrogens is 316 g/mol. The maximum atomic E-state index is 11.6. The van der Waals surface area contributed by atoms with E-state index in [2.05, 4.69) is 5.32 Å². The average molecular weight is 334 g/mol. The molecule has 12 nitrogen and oxygen atoms in total. The van der Waals surface area contributed by atoms with Gasteiger partial charge in [0, 0.05) is 0 Å². The van der Waals surface area contributed by atoms with Gasteiger partial charge in [-0.3, -0.25) is 24.0 Å². The number of carbonyl (C=O) groups excluding carboxylic acids is 3. The third-order valence-corrected chi connectivity index (χ3v) is 2.40. The minimum Gasteiger partial charge on any atom is -0.481 e. The molecule has 130 valence electrons. The summed E-state index contributed by atoms with van der Waals surface area (Å²) in [6.07, 6.45) is -0.776. The predicted octanol–water partition coefficient (Wildman–Crippen LogP) is -4.42. The summed E-state index contributed by atoms with van der Waals surface area (Å²) in [5, 5.41) is 31.8. The monoisotopic (exact) mass is 334 g/mol. The molecule has 2 atom stereocenters. The van der Waals surface area contributed by atoms with Crippen LogP contribution in [0.15, 0.2) is 0 Å². The number of carbonyl (C=O) groups is 5. The number of nitrogens with two attached hydrogens (primary N) is 1. The number of rotatable bonds is 10. The topological polar surface area (TPSA) is 208 Å². The third kappa shape index (κ3) is 9.00. The molecule has 23 heavy (non-hydrogen) atoms. The van der Waals surface area contributed by atoms with Crippen molar-refractivity contribution in [3.8, 4) is 0 Å². The van der Waals surface area contributed by atoms with Crippen molar-refractivity contribution in [2.24, 2.45) is 5.73 Å². The van der Waals surface area contributed by atoms with Crippen molar-refractivity contribution in [2.45, 2.75) is 18.5 Å². The highest BCUT2D eigenvalue weighted by atomic mass is 16.4. The van der Waals surface area contributed by atoms with E-state index in [-0.39, 0.29) is 0 Å². The summed E-state index contributed by atoms with van der Waals surface area (Å²) in [5.74, 6) is -5.44. The molecule has 12 heteroatoms. The maximum absolute atomic E-state index is 11.6. The van der Waals surface area contributed by atoms with Crippen LogP contribution < -0.4 is 21.7 Å². The second kappa shape index (κ2) is 10.1. The van der Waals surface area contributed by atoms with Crippen molar-refractivity contribution in [1.82, 2.24) is 16.0 Å². The Kier molecular flexibility index (Phi) is 8.88. The molecule has 0 aromatic carbocycles. The van der Waals surface area contributed by atoms with Crippen LogP contribution in [0.1, 0.15) is 6.42 Å². The Morgan fingerprint density at radius 2 is 1.48 bits per heavy atom. The number of hydrogen-bond acceptors (Lipinski definition) is 7. The Morgan fingerprint density at radius 1 is 0.913 bits per heavy atom. The van der Waals surface area contributed by atoms with Crippen molar-refractivity contribution in [2.75, 3.05) is 19.7 Å². The molecule has 0 aliphatic heterocycles. The van der Waals surface area contributed by atoms with Crippen LogP contribution in [-0.2, 0) is 24.0 Å². The summed E-state index contributed by atoms with van der Waals surface area (Å²) in [6.45, 7) is -1.98. The van der Waals surface area contributed by atoms with Gasteiger partial charge in [-0.05, 0) is 0 Å². The molecule has 0 aliphatic rings. The van der Waals surface area contributed by atoms with Crippen LogP contribution in [0.25, 0.3) is 0 Å². The molecule has 0 radical (unpaired) electrons. The molecule has 0 saturated heterocycles. The molecule has 0 heterocycles. The van der Waals surface area contributed by atoms with Gasteiger partial charge >= 0.3 is 11.9 Å². The first kappa shape index (κ1) is 20.3. The lowest BCUT2D eigenvalue weighted by Gasteiger charge is -2.17. The molecule has 0 rings (SSSR count). The molecule has 0 aromatic rings. The van der Waals surface area contributed by atoms with E-state index in [0.29, 0.717) is 0 Å². The number of amides is 3. The lowest BCUT2D eigenvalue weighted by Crippen LogP contribution is -2.52.